The fourth-order valence-corrected chi connectivity index (χ4v) is 2.85. The van der Waals surface area contributed by atoms with E-state index in [0.717, 1.165) is 5.56 Å². The van der Waals surface area contributed by atoms with Crippen LogP contribution in [0, 0.1) is 11.3 Å². The summed E-state index contributed by atoms with van der Waals surface area (Å²) in [5.41, 5.74) is 1.57. The smallest absolute Gasteiger partial charge is 0.343 e. The number of carbonyl (C=O) groups is 2. The highest BCUT2D eigenvalue weighted by atomic mass is 79.9. The Labute approximate surface area is 171 Å². The molecule has 0 aliphatic carbocycles. The van der Waals surface area contributed by atoms with Gasteiger partial charge in [-0.15, -0.1) is 0 Å². The van der Waals surface area contributed by atoms with Crippen molar-refractivity contribution in [3.63, 3.8) is 0 Å². The first-order valence-corrected chi connectivity index (χ1v) is 9.20. The van der Waals surface area contributed by atoms with Crippen LogP contribution in [-0.2, 0) is 14.3 Å². The second-order valence-electron chi connectivity index (χ2n) is 5.83. The zero-order chi connectivity index (χ0) is 20.5. The first kappa shape index (κ1) is 21.2. The van der Waals surface area contributed by atoms with Gasteiger partial charge >= 0.3 is 5.97 Å². The highest BCUT2D eigenvalue weighted by Crippen LogP contribution is 2.27. The summed E-state index contributed by atoms with van der Waals surface area (Å²) in [6, 6.07) is 16.2. The van der Waals surface area contributed by atoms with Crippen LogP contribution in [0.25, 0.3) is 6.08 Å². The summed E-state index contributed by atoms with van der Waals surface area (Å²) in [4.78, 5) is 23.6. The summed E-state index contributed by atoms with van der Waals surface area (Å²) < 4.78 is 10.4. The van der Waals surface area contributed by atoms with Gasteiger partial charge in [0.05, 0.1) is 17.6 Å². The van der Waals surface area contributed by atoms with Gasteiger partial charge in [0.1, 0.15) is 17.4 Å². The van der Waals surface area contributed by atoms with Gasteiger partial charge in [-0.3, -0.25) is 4.79 Å². The normalized spacial score (nSPS) is 11.9. The molecule has 0 aliphatic heterocycles. The van der Waals surface area contributed by atoms with Gasteiger partial charge in [0.2, 0.25) is 0 Å². The number of hydrogen-bond donors (Lipinski definition) is 1. The van der Waals surface area contributed by atoms with Gasteiger partial charge < -0.3 is 14.8 Å². The van der Waals surface area contributed by atoms with E-state index in [2.05, 4.69) is 26.0 Å². The highest BCUT2D eigenvalue weighted by Gasteiger charge is 2.14. The maximum Gasteiger partial charge on any atom is 0.343 e. The third kappa shape index (κ3) is 5.96. The molecule has 1 N–H and O–H groups in total. The molecule has 6 nitrogen and oxygen atoms in total. The largest absolute Gasteiger partial charge is 0.481 e. The van der Waals surface area contributed by atoms with Crippen LogP contribution >= 0.6 is 15.9 Å². The highest BCUT2D eigenvalue weighted by molar-refractivity contribution is 9.10. The number of esters is 1. The molecule has 2 aromatic rings. The molecule has 0 spiro atoms. The number of carbonyl (C=O) groups excluding carboxylic acids is 2. The first-order valence-electron chi connectivity index (χ1n) is 8.41. The minimum Gasteiger partial charge on any atom is -0.481 e. The second-order valence-corrected chi connectivity index (χ2v) is 6.68. The minimum atomic E-state index is -0.494. The van der Waals surface area contributed by atoms with Gasteiger partial charge in [0.25, 0.3) is 5.91 Å². The number of rotatable bonds is 7. The van der Waals surface area contributed by atoms with E-state index in [4.69, 9.17) is 4.74 Å². The lowest BCUT2D eigenvalue weighted by atomic mass is 10.1. The molecule has 0 saturated carbocycles. The Hall–Kier alpha value is -3.11. The Bertz CT molecular complexity index is 920. The third-order valence-electron chi connectivity index (χ3n) is 3.85. The minimum absolute atomic E-state index is 0.0158. The number of nitrogens with zero attached hydrogens (tertiary/aromatic N) is 1. The van der Waals surface area contributed by atoms with Crippen molar-refractivity contribution in [3.05, 3.63) is 69.7 Å². The van der Waals surface area contributed by atoms with Crippen LogP contribution in [0.3, 0.4) is 0 Å². The predicted octanol–water partition coefficient (Wildman–Crippen LogP) is 3.79. The van der Waals surface area contributed by atoms with E-state index in [-0.39, 0.29) is 18.2 Å². The monoisotopic (exact) mass is 442 g/mol. The molecule has 0 fully saturated rings. The van der Waals surface area contributed by atoms with Crippen molar-refractivity contribution in [3.8, 4) is 11.8 Å². The van der Waals surface area contributed by atoms with E-state index in [1.165, 1.54) is 13.2 Å². The molecule has 2 rings (SSSR count). The molecule has 0 aromatic heterocycles. The van der Waals surface area contributed by atoms with Crippen LogP contribution in [0.2, 0.25) is 0 Å². The molecule has 0 radical (unpaired) electrons. The number of amides is 1. The Morgan fingerprint density at radius 1 is 1.25 bits per heavy atom. The number of nitriles is 1. The van der Waals surface area contributed by atoms with Crippen LogP contribution in [0.1, 0.15) is 24.1 Å². The number of halogens is 1. The third-order valence-corrected chi connectivity index (χ3v) is 4.47. The van der Waals surface area contributed by atoms with Crippen LogP contribution in [0.5, 0.6) is 5.75 Å². The summed E-state index contributed by atoms with van der Waals surface area (Å²) in [7, 11) is 1.28. The molecule has 1 amide bonds. The van der Waals surface area contributed by atoms with Gasteiger partial charge in [-0.2, -0.15) is 5.26 Å². The Kier molecular flexibility index (Phi) is 7.78. The Morgan fingerprint density at radius 3 is 2.57 bits per heavy atom. The van der Waals surface area contributed by atoms with E-state index in [0.29, 0.717) is 15.8 Å². The molecular formula is C21H19BrN2O4. The topological polar surface area (TPSA) is 88.4 Å². The average Bonchev–Trinajstić information content (AvgIpc) is 2.71. The number of ether oxygens (including phenoxy) is 2. The molecular weight excluding hydrogens is 424 g/mol. The average molecular weight is 443 g/mol. The van der Waals surface area contributed by atoms with E-state index in [9.17, 15) is 14.9 Å². The Morgan fingerprint density at radius 2 is 1.96 bits per heavy atom. The maximum atomic E-state index is 12.4. The molecule has 0 saturated heterocycles. The molecule has 0 bridgehead atoms. The molecule has 144 valence electrons. The number of benzene rings is 2. The fraction of sp³-hybridized carbons (Fsp3) is 0.190. The number of nitrogens with one attached hydrogen (secondary N) is 1. The standard InChI is InChI=1S/C21H19BrN2O4/c1-14(16-6-4-3-5-7-16)24-21(26)17(12-23)10-15-8-9-19(18(22)11-15)28-13-20(25)27-2/h3-11,14H,13H2,1-2H3,(H,24,26)/b17-10+/t14-/m0/s1. The zero-order valence-corrected chi connectivity index (χ0v) is 17.0. The van der Waals surface area contributed by atoms with Crippen LogP contribution in [0.4, 0.5) is 0 Å². The Balaban J connectivity index is 2.10. The predicted molar refractivity (Wildman–Crippen MR) is 108 cm³/mol. The van der Waals surface area contributed by atoms with E-state index in [1.54, 1.807) is 18.2 Å². The first-order chi connectivity index (χ1) is 13.4. The van der Waals surface area contributed by atoms with Gasteiger partial charge in [-0.1, -0.05) is 36.4 Å². The molecule has 0 unspecified atom stereocenters. The summed E-state index contributed by atoms with van der Waals surface area (Å²) in [6.45, 7) is 1.64. The molecule has 28 heavy (non-hydrogen) atoms. The molecule has 7 heteroatoms. The lowest BCUT2D eigenvalue weighted by Gasteiger charge is -2.14. The lowest BCUT2D eigenvalue weighted by molar-refractivity contribution is -0.142. The van der Waals surface area contributed by atoms with Crippen molar-refractivity contribution in [1.29, 1.82) is 5.26 Å². The van der Waals surface area contributed by atoms with Crippen molar-refractivity contribution in [2.75, 3.05) is 13.7 Å². The quantitative estimate of drug-likeness (QED) is 0.400. The number of methoxy groups -OCH3 is 1. The van der Waals surface area contributed by atoms with Crippen molar-refractivity contribution in [2.45, 2.75) is 13.0 Å². The van der Waals surface area contributed by atoms with Crippen LogP contribution < -0.4 is 10.1 Å². The fourth-order valence-electron chi connectivity index (χ4n) is 2.33. The van der Waals surface area contributed by atoms with Crippen molar-refractivity contribution >= 4 is 33.9 Å². The van der Waals surface area contributed by atoms with Crippen LogP contribution in [-0.4, -0.2) is 25.6 Å². The van der Waals surface area contributed by atoms with E-state index >= 15 is 0 Å². The maximum absolute atomic E-state index is 12.4. The van der Waals surface area contributed by atoms with Crippen molar-refractivity contribution < 1.29 is 19.1 Å². The summed E-state index contributed by atoms with van der Waals surface area (Å²) in [5, 5.41) is 12.2. The van der Waals surface area contributed by atoms with Crippen LogP contribution in [0.15, 0.2) is 58.6 Å². The molecule has 0 heterocycles. The van der Waals surface area contributed by atoms with Crippen molar-refractivity contribution in [1.82, 2.24) is 5.32 Å². The summed E-state index contributed by atoms with van der Waals surface area (Å²) in [5.74, 6) is -0.504. The number of hydrogen-bond acceptors (Lipinski definition) is 5. The molecule has 1 atom stereocenters. The summed E-state index contributed by atoms with van der Waals surface area (Å²) >= 11 is 3.35. The van der Waals surface area contributed by atoms with Crippen molar-refractivity contribution in [2.24, 2.45) is 0 Å². The van der Waals surface area contributed by atoms with E-state index in [1.807, 2.05) is 43.3 Å². The lowest BCUT2D eigenvalue weighted by Crippen LogP contribution is -2.27. The SMILES string of the molecule is COC(=O)COc1ccc(/C=C(\C#N)C(=O)N[C@@H](C)c2ccccc2)cc1Br. The second kappa shape index (κ2) is 10.3. The zero-order valence-electron chi connectivity index (χ0n) is 15.4. The van der Waals surface area contributed by atoms with E-state index < -0.39 is 11.9 Å². The summed E-state index contributed by atoms with van der Waals surface area (Å²) in [6.07, 6.45) is 1.49. The van der Waals surface area contributed by atoms with Gasteiger partial charge in [0, 0.05) is 0 Å². The molecule has 0 aliphatic rings. The van der Waals surface area contributed by atoms with Gasteiger partial charge in [-0.25, -0.2) is 4.79 Å². The van der Waals surface area contributed by atoms with Gasteiger partial charge in [0.15, 0.2) is 6.61 Å². The molecule has 2 aromatic carbocycles. The van der Waals surface area contributed by atoms with Gasteiger partial charge in [-0.05, 0) is 52.2 Å².